The largest absolute Gasteiger partial charge is 0.451 e. The molecule has 0 unspecified atom stereocenters. The smallest absolute Gasteiger partial charge is 0.277 e. The molecule has 2 rings (SSSR count). The van der Waals surface area contributed by atoms with Crippen LogP contribution in [0.4, 0.5) is 10.1 Å². The van der Waals surface area contributed by atoms with Crippen molar-refractivity contribution in [3.05, 3.63) is 48.4 Å². The van der Waals surface area contributed by atoms with Crippen LogP contribution in [0.25, 0.3) is 0 Å². The molecule has 1 heterocycles. The van der Waals surface area contributed by atoms with Gasteiger partial charge in [-0.2, -0.15) is 0 Å². The molecule has 0 aliphatic heterocycles. The summed E-state index contributed by atoms with van der Waals surface area (Å²) in [4.78, 5) is 15.1. The normalized spacial score (nSPS) is 9.93. The summed E-state index contributed by atoms with van der Waals surface area (Å²) in [5.41, 5.74) is 0.684. The van der Waals surface area contributed by atoms with Crippen molar-refractivity contribution in [2.75, 3.05) is 5.32 Å². The van der Waals surface area contributed by atoms with Crippen molar-refractivity contribution in [3.63, 3.8) is 0 Å². The topological polar surface area (TPSA) is 55.1 Å². The van der Waals surface area contributed by atoms with Crippen LogP contribution in [0.5, 0.6) is 0 Å². The van der Waals surface area contributed by atoms with Crippen molar-refractivity contribution in [2.45, 2.75) is 0 Å². The first-order valence-electron chi connectivity index (χ1n) is 4.21. The standard InChI is InChI=1S/C10H7FN2O2/c11-7-1-3-8(4-2-7)13-10(14)9-5-15-6-12-9/h1-6H,(H,13,14). The van der Waals surface area contributed by atoms with Crippen LogP contribution in [-0.4, -0.2) is 10.9 Å². The molecular formula is C10H7FN2O2. The molecule has 1 aromatic carbocycles. The lowest BCUT2D eigenvalue weighted by Crippen LogP contribution is -2.11. The number of nitrogens with zero attached hydrogens (tertiary/aromatic N) is 1. The summed E-state index contributed by atoms with van der Waals surface area (Å²) in [6.45, 7) is 0. The minimum absolute atomic E-state index is 0.180. The summed E-state index contributed by atoms with van der Waals surface area (Å²) >= 11 is 0. The zero-order valence-electron chi connectivity index (χ0n) is 7.61. The molecule has 76 valence electrons. The van der Waals surface area contributed by atoms with Gasteiger partial charge in [-0.1, -0.05) is 0 Å². The molecule has 4 nitrogen and oxygen atoms in total. The summed E-state index contributed by atoms with van der Waals surface area (Å²) < 4.78 is 17.2. The van der Waals surface area contributed by atoms with Crippen LogP contribution in [0, 0.1) is 5.82 Å². The second kappa shape index (κ2) is 3.91. The van der Waals surface area contributed by atoms with Crippen LogP contribution in [0.3, 0.4) is 0 Å². The first kappa shape index (κ1) is 9.39. The Morgan fingerprint density at radius 2 is 2.07 bits per heavy atom. The van der Waals surface area contributed by atoms with Crippen LogP contribution in [0.2, 0.25) is 0 Å². The lowest BCUT2D eigenvalue weighted by Gasteiger charge is -2.01. The monoisotopic (exact) mass is 206 g/mol. The Labute approximate surface area is 84.7 Å². The van der Waals surface area contributed by atoms with Crippen molar-refractivity contribution < 1.29 is 13.6 Å². The van der Waals surface area contributed by atoms with Gasteiger partial charge in [0.25, 0.3) is 5.91 Å². The first-order chi connectivity index (χ1) is 7.25. The second-order valence-corrected chi connectivity index (χ2v) is 2.83. The lowest BCUT2D eigenvalue weighted by molar-refractivity contribution is 0.102. The molecule has 0 radical (unpaired) electrons. The summed E-state index contributed by atoms with van der Waals surface area (Å²) in [7, 11) is 0. The number of benzene rings is 1. The van der Waals surface area contributed by atoms with E-state index < -0.39 is 5.91 Å². The van der Waals surface area contributed by atoms with Gasteiger partial charge in [0.2, 0.25) is 0 Å². The zero-order chi connectivity index (χ0) is 10.7. The number of rotatable bonds is 2. The van der Waals surface area contributed by atoms with E-state index in [2.05, 4.69) is 14.7 Å². The molecule has 5 heteroatoms. The molecule has 0 aliphatic carbocycles. The molecule has 1 aromatic heterocycles. The van der Waals surface area contributed by atoms with Crippen molar-refractivity contribution in [1.29, 1.82) is 0 Å². The Balaban J connectivity index is 2.09. The molecule has 2 aromatic rings. The minimum atomic E-state index is -0.393. The highest BCUT2D eigenvalue weighted by Crippen LogP contribution is 2.09. The van der Waals surface area contributed by atoms with Gasteiger partial charge in [-0.05, 0) is 24.3 Å². The Hall–Kier alpha value is -2.17. The van der Waals surface area contributed by atoms with Crippen LogP contribution in [0.15, 0.2) is 41.3 Å². The number of nitrogens with one attached hydrogen (secondary N) is 1. The van der Waals surface area contributed by atoms with Crippen molar-refractivity contribution in [3.8, 4) is 0 Å². The Bertz CT molecular complexity index is 451. The number of hydrogen-bond acceptors (Lipinski definition) is 3. The van der Waals surface area contributed by atoms with E-state index in [0.29, 0.717) is 5.69 Å². The van der Waals surface area contributed by atoms with Gasteiger partial charge in [0.15, 0.2) is 12.1 Å². The fourth-order valence-electron chi connectivity index (χ4n) is 1.05. The van der Waals surface area contributed by atoms with Crippen molar-refractivity contribution >= 4 is 11.6 Å². The molecule has 1 N–H and O–H groups in total. The highest BCUT2D eigenvalue weighted by atomic mass is 19.1. The third kappa shape index (κ3) is 2.19. The maximum atomic E-state index is 12.6. The van der Waals surface area contributed by atoms with Gasteiger partial charge in [0.05, 0.1) is 0 Å². The number of carbonyl (C=O) groups excluding carboxylic acids is 1. The molecule has 15 heavy (non-hydrogen) atoms. The third-order valence-electron chi connectivity index (χ3n) is 1.77. The number of hydrogen-bond donors (Lipinski definition) is 1. The highest BCUT2D eigenvalue weighted by molar-refractivity contribution is 6.02. The quantitative estimate of drug-likeness (QED) is 0.818. The van der Waals surface area contributed by atoms with Gasteiger partial charge in [-0.3, -0.25) is 4.79 Å². The van der Waals surface area contributed by atoms with E-state index in [9.17, 15) is 9.18 Å². The van der Waals surface area contributed by atoms with Gasteiger partial charge >= 0.3 is 0 Å². The van der Waals surface area contributed by atoms with E-state index in [0.717, 1.165) is 0 Å². The molecule has 0 spiro atoms. The van der Waals surface area contributed by atoms with Crippen LogP contribution >= 0.6 is 0 Å². The second-order valence-electron chi connectivity index (χ2n) is 2.83. The highest BCUT2D eigenvalue weighted by Gasteiger charge is 2.08. The fourth-order valence-corrected chi connectivity index (χ4v) is 1.05. The van der Waals surface area contributed by atoms with Crippen molar-refractivity contribution in [1.82, 2.24) is 4.98 Å². The number of anilines is 1. The summed E-state index contributed by atoms with van der Waals surface area (Å²) in [6.07, 6.45) is 2.40. The SMILES string of the molecule is O=C(Nc1ccc(F)cc1)c1cocn1. The van der Waals surface area contributed by atoms with E-state index in [1.165, 1.54) is 36.9 Å². The molecule has 0 saturated heterocycles. The first-order valence-corrected chi connectivity index (χ1v) is 4.21. The predicted octanol–water partition coefficient (Wildman–Crippen LogP) is 2.07. The van der Waals surface area contributed by atoms with Crippen molar-refractivity contribution in [2.24, 2.45) is 0 Å². The summed E-state index contributed by atoms with van der Waals surface area (Å²) in [5.74, 6) is -0.746. The van der Waals surface area contributed by atoms with Gasteiger partial charge < -0.3 is 9.73 Å². The van der Waals surface area contributed by atoms with Crippen LogP contribution < -0.4 is 5.32 Å². The Kier molecular flexibility index (Phi) is 2.45. The van der Waals surface area contributed by atoms with E-state index in [4.69, 9.17) is 0 Å². The number of aromatic nitrogens is 1. The number of carbonyl (C=O) groups is 1. The molecule has 0 aliphatic rings. The van der Waals surface area contributed by atoms with E-state index in [1.54, 1.807) is 0 Å². The average molecular weight is 206 g/mol. The molecule has 0 bridgehead atoms. The van der Waals surface area contributed by atoms with Crippen LogP contribution in [0.1, 0.15) is 10.5 Å². The summed E-state index contributed by atoms with van der Waals surface area (Å²) in [5, 5.41) is 2.54. The lowest BCUT2D eigenvalue weighted by atomic mass is 10.3. The number of oxazole rings is 1. The van der Waals surface area contributed by atoms with Crippen LogP contribution in [-0.2, 0) is 0 Å². The molecule has 0 atom stereocenters. The number of halogens is 1. The molecule has 0 fully saturated rings. The zero-order valence-corrected chi connectivity index (χ0v) is 7.61. The summed E-state index contributed by atoms with van der Waals surface area (Å²) in [6, 6.07) is 5.46. The average Bonchev–Trinajstić information content (AvgIpc) is 2.74. The number of amides is 1. The molecule has 0 saturated carbocycles. The van der Waals surface area contributed by atoms with E-state index >= 15 is 0 Å². The van der Waals surface area contributed by atoms with E-state index in [1.807, 2.05) is 0 Å². The Morgan fingerprint density at radius 1 is 1.33 bits per heavy atom. The van der Waals surface area contributed by atoms with Gasteiger partial charge in [-0.15, -0.1) is 0 Å². The molecular weight excluding hydrogens is 199 g/mol. The third-order valence-corrected chi connectivity index (χ3v) is 1.77. The maximum Gasteiger partial charge on any atom is 0.277 e. The minimum Gasteiger partial charge on any atom is -0.451 e. The van der Waals surface area contributed by atoms with E-state index in [-0.39, 0.29) is 11.5 Å². The van der Waals surface area contributed by atoms with Gasteiger partial charge in [0, 0.05) is 5.69 Å². The maximum absolute atomic E-state index is 12.6. The fraction of sp³-hybridized carbons (Fsp3) is 0. The molecule has 1 amide bonds. The Morgan fingerprint density at radius 3 is 2.67 bits per heavy atom. The van der Waals surface area contributed by atoms with Gasteiger partial charge in [-0.25, -0.2) is 9.37 Å². The predicted molar refractivity (Wildman–Crippen MR) is 50.9 cm³/mol. The van der Waals surface area contributed by atoms with Gasteiger partial charge in [0.1, 0.15) is 12.1 Å².